The Kier molecular flexibility index (Phi) is 21.2. The second-order valence-corrected chi connectivity index (χ2v) is 36.8. The van der Waals surface area contributed by atoms with Gasteiger partial charge in [0, 0.05) is 95.1 Å². The first kappa shape index (κ1) is 71.3. The van der Waals surface area contributed by atoms with Crippen molar-refractivity contribution in [1.29, 1.82) is 0 Å². The van der Waals surface area contributed by atoms with Crippen LogP contribution in [0.5, 0.6) is 17.2 Å². The number of nitrogens with one attached hydrogen (secondary N) is 2. The molecule has 2 aliphatic heterocycles. The standard InChI is InChI=1S/C98H80N7O3P3/c1-10-34-73(35-11-1)103-109(78-40-16-4-17-41-78,79-42-18-5-19-43-79)69-66-106-93-55-31-28-52-84(93)96-87-60-58-76(99-87)72-77-59-61-88(100-77)97(85-53-29-32-56-94(85)107-67-70-110(80-44-20-6-21-45-80,81-46-22-7-23-47-81)104-74-36-12-2-13-37-74)90-63-65-92(102-90)98(91-64-62-89(96)101-91)86-54-30-33-57-95(86)108-68-71-111(82-48-24-8-25-49-82,83-50-26-9-27-51-83)105-75-38-14-3-15-39-75/h1-65,72,99,102H,66-71H2. The largest absolute Gasteiger partial charge is 0.492 e. The van der Waals surface area contributed by atoms with Crippen LogP contribution in [0.25, 0.3) is 79.8 Å². The van der Waals surface area contributed by atoms with Crippen LogP contribution in [-0.2, 0) is 0 Å². The molecular formula is C98H80N7O3P3. The highest BCUT2D eigenvalue weighted by Crippen LogP contribution is 2.54. The number of hydrogen-bond donors (Lipinski definition) is 2. The molecule has 3 aromatic heterocycles. The second kappa shape index (κ2) is 33.0. The van der Waals surface area contributed by atoms with Gasteiger partial charge in [0.2, 0.25) is 0 Å². The maximum Gasteiger partial charge on any atom is 0.127 e. The Labute approximate surface area is 648 Å². The average molecular weight is 1500 g/mol. The van der Waals surface area contributed by atoms with E-state index < -0.39 is 21.2 Å². The highest BCUT2D eigenvalue weighted by Gasteiger charge is 2.30. The van der Waals surface area contributed by atoms with Gasteiger partial charge in [-0.3, -0.25) is 14.2 Å². The minimum Gasteiger partial charge on any atom is -0.492 e. The topological polar surface area (TPSA) is 122 Å². The predicted molar refractivity (Wildman–Crippen MR) is 469 cm³/mol. The van der Waals surface area contributed by atoms with Crippen LogP contribution in [0.15, 0.2) is 390 Å². The molecule has 0 saturated heterocycles. The third kappa shape index (κ3) is 15.3. The molecule has 10 nitrogen and oxygen atoms in total. The van der Waals surface area contributed by atoms with E-state index in [1.54, 1.807) is 0 Å². The van der Waals surface area contributed by atoms with Crippen LogP contribution in [-0.4, -0.2) is 58.2 Å². The van der Waals surface area contributed by atoms with Crippen molar-refractivity contribution in [1.82, 2.24) is 19.9 Å². The van der Waals surface area contributed by atoms with Crippen LogP contribution in [0.3, 0.4) is 0 Å². The smallest absolute Gasteiger partial charge is 0.127 e. The molecule has 111 heavy (non-hydrogen) atoms. The van der Waals surface area contributed by atoms with Gasteiger partial charge in [0.05, 0.1) is 59.7 Å². The van der Waals surface area contributed by atoms with Crippen molar-refractivity contribution in [3.8, 4) is 50.6 Å². The molecule has 0 spiro atoms. The highest BCUT2D eigenvalue weighted by atomic mass is 31.2. The monoisotopic (exact) mass is 1500 g/mol. The zero-order valence-electron chi connectivity index (χ0n) is 61.2. The van der Waals surface area contributed by atoms with Gasteiger partial charge < -0.3 is 24.2 Å². The summed E-state index contributed by atoms with van der Waals surface area (Å²) in [5.74, 6) is 2.14. The van der Waals surface area contributed by atoms with Gasteiger partial charge in [-0.2, -0.15) is 0 Å². The molecule has 0 saturated carbocycles. The minimum atomic E-state index is -2.53. The van der Waals surface area contributed by atoms with Crippen LogP contribution >= 0.6 is 21.2 Å². The summed E-state index contributed by atoms with van der Waals surface area (Å²) in [5, 5.41) is 7.07. The number of aromatic amines is 2. The van der Waals surface area contributed by atoms with Gasteiger partial charge in [0.25, 0.3) is 0 Å². The summed E-state index contributed by atoms with van der Waals surface area (Å²) >= 11 is 0. The molecule has 2 aliphatic rings. The Balaban J connectivity index is 0.825. The van der Waals surface area contributed by atoms with Crippen molar-refractivity contribution >= 4 is 116 Å². The first-order chi connectivity index (χ1) is 54.9. The number of nitrogens with zero attached hydrogens (tertiary/aromatic N) is 5. The number of para-hydroxylation sites is 3. The molecule has 0 amide bonds. The van der Waals surface area contributed by atoms with Gasteiger partial charge in [-0.15, -0.1) is 0 Å². The summed E-state index contributed by atoms with van der Waals surface area (Å²) in [6.07, 6.45) is 10.4. The molecule has 0 fully saturated rings. The van der Waals surface area contributed by atoms with Crippen LogP contribution in [0, 0.1) is 0 Å². The lowest BCUT2D eigenvalue weighted by atomic mass is 10.0. The Morgan fingerprint density at radius 1 is 0.252 bits per heavy atom. The number of rotatable bonds is 24. The van der Waals surface area contributed by atoms with Gasteiger partial charge in [0.15, 0.2) is 0 Å². The molecule has 2 N–H and O–H groups in total. The van der Waals surface area contributed by atoms with E-state index in [1.807, 2.05) is 30.3 Å². The van der Waals surface area contributed by atoms with Gasteiger partial charge in [-0.25, -0.2) is 9.97 Å². The fraction of sp³-hybridized carbons (Fsp3) is 0.0612. The minimum absolute atomic E-state index is 0.356. The summed E-state index contributed by atoms with van der Waals surface area (Å²) in [6.45, 7) is 1.11. The lowest BCUT2D eigenvalue weighted by Crippen LogP contribution is -2.21. The number of benzene rings is 12. The molecule has 0 aliphatic carbocycles. The SMILES string of the molecule is C1=Cc2nc1cc1ccc([nH]1)c(-c1ccccc1OCCP(=Nc1ccccc1)(c1ccccc1)c1ccccc1)c1nc(c(-c3ccccc3OCCP(=Nc3ccccc3)(c3ccccc3)c3ccccc3)c3ccc([nH]3)c2-c2ccccc2OCCP(=Nc2ccccc2)(c2ccccc2)c2ccccc2)C=C1. The highest BCUT2D eigenvalue weighted by molar-refractivity contribution is 7.81. The third-order valence-electron chi connectivity index (χ3n) is 20.3. The maximum atomic E-state index is 7.35. The van der Waals surface area contributed by atoms with E-state index in [9.17, 15) is 0 Å². The van der Waals surface area contributed by atoms with Crippen LogP contribution in [0.1, 0.15) is 22.8 Å². The van der Waals surface area contributed by atoms with E-state index in [1.165, 1.54) is 31.8 Å². The number of hydrogen-bond acceptors (Lipinski definition) is 8. The molecule has 5 heterocycles. The number of ether oxygens (including phenoxy) is 3. The predicted octanol–water partition coefficient (Wildman–Crippen LogP) is 23.3. The van der Waals surface area contributed by atoms with E-state index in [2.05, 4.69) is 380 Å². The molecule has 0 atom stereocenters. The quantitative estimate of drug-likeness (QED) is 0.0584. The zero-order valence-corrected chi connectivity index (χ0v) is 63.8. The first-order valence-electron chi connectivity index (χ1n) is 37.6. The van der Waals surface area contributed by atoms with Crippen molar-refractivity contribution in [3.63, 3.8) is 0 Å². The van der Waals surface area contributed by atoms with E-state index in [0.29, 0.717) is 44.1 Å². The zero-order chi connectivity index (χ0) is 74.5. The molecular weight excluding hydrogens is 1420 g/mol. The summed E-state index contributed by atoms with van der Waals surface area (Å²) in [5.41, 5.74) is 14.4. The van der Waals surface area contributed by atoms with Crippen molar-refractivity contribution in [2.24, 2.45) is 14.2 Å². The lowest BCUT2D eigenvalue weighted by molar-refractivity contribution is 0.344. The molecule has 17 rings (SSSR count). The van der Waals surface area contributed by atoms with Crippen molar-refractivity contribution < 1.29 is 14.2 Å². The Bertz CT molecular complexity index is 5890. The fourth-order valence-electron chi connectivity index (χ4n) is 15.1. The normalized spacial score (nSPS) is 11.9. The molecule has 12 aromatic carbocycles. The molecule has 0 unspecified atom stereocenters. The van der Waals surface area contributed by atoms with Crippen molar-refractivity contribution in [2.75, 3.05) is 38.3 Å². The molecule has 540 valence electrons. The first-order valence-corrected chi connectivity index (χ1v) is 43.4. The van der Waals surface area contributed by atoms with E-state index in [0.717, 1.165) is 107 Å². The summed E-state index contributed by atoms with van der Waals surface area (Å²) < 4.78 is 39.1. The summed E-state index contributed by atoms with van der Waals surface area (Å²) in [7, 11) is -7.52. The molecule has 8 bridgehead atoms. The van der Waals surface area contributed by atoms with E-state index >= 15 is 0 Å². The average Bonchev–Trinajstić information content (AvgIpc) is 1.56. The maximum absolute atomic E-state index is 7.35. The third-order valence-corrected chi connectivity index (χ3v) is 31.4. The summed E-state index contributed by atoms with van der Waals surface area (Å²) in [6, 6.07) is 131. The molecule has 13 heteroatoms. The van der Waals surface area contributed by atoms with Crippen LogP contribution in [0.4, 0.5) is 17.1 Å². The number of H-pyrrole nitrogens is 2. The Morgan fingerprint density at radius 3 is 0.838 bits per heavy atom. The van der Waals surface area contributed by atoms with Crippen LogP contribution in [0.2, 0.25) is 0 Å². The Morgan fingerprint density at radius 2 is 0.514 bits per heavy atom. The van der Waals surface area contributed by atoms with Crippen LogP contribution < -0.4 is 46.0 Å². The lowest BCUT2D eigenvalue weighted by Gasteiger charge is -2.26. The number of aromatic nitrogens is 4. The van der Waals surface area contributed by atoms with Gasteiger partial charge in [-0.05, 0) is 141 Å². The van der Waals surface area contributed by atoms with Gasteiger partial charge >= 0.3 is 0 Å². The van der Waals surface area contributed by atoms with Crippen molar-refractivity contribution in [2.45, 2.75) is 0 Å². The van der Waals surface area contributed by atoms with Crippen molar-refractivity contribution in [3.05, 3.63) is 399 Å². The fourth-order valence-corrected chi connectivity index (χ4v) is 25.2. The Hall–Kier alpha value is -12.7. The van der Waals surface area contributed by atoms with E-state index in [4.69, 9.17) is 38.4 Å². The van der Waals surface area contributed by atoms with Gasteiger partial charge in [0.1, 0.15) is 17.2 Å². The second-order valence-electron chi connectivity index (χ2n) is 27.2. The number of fused-ring (bicyclic) bond motifs is 8. The van der Waals surface area contributed by atoms with E-state index in [-0.39, 0.29) is 0 Å². The molecule has 15 aromatic rings. The van der Waals surface area contributed by atoms with Gasteiger partial charge in [-0.1, -0.05) is 291 Å². The molecule has 0 radical (unpaired) electrons. The summed E-state index contributed by atoms with van der Waals surface area (Å²) in [4.78, 5) is 19.2.